The molecule has 0 spiro atoms. The van der Waals surface area contributed by atoms with Crippen LogP contribution >= 0.6 is 23.2 Å². The van der Waals surface area contributed by atoms with Crippen molar-refractivity contribution in [1.82, 2.24) is 5.32 Å². The lowest BCUT2D eigenvalue weighted by molar-refractivity contribution is -0.527. The van der Waals surface area contributed by atoms with Gasteiger partial charge in [-0.3, -0.25) is 20.2 Å². The van der Waals surface area contributed by atoms with E-state index in [1.54, 1.807) is 19.1 Å². The van der Waals surface area contributed by atoms with Crippen molar-refractivity contribution in [2.75, 3.05) is 11.9 Å². The minimum absolute atomic E-state index is 0.297. The summed E-state index contributed by atoms with van der Waals surface area (Å²) in [5.41, 5.74) is 0.758. The molecule has 30 heavy (non-hydrogen) atoms. The van der Waals surface area contributed by atoms with Crippen molar-refractivity contribution in [1.29, 1.82) is 0 Å². The maximum Gasteiger partial charge on any atom is 0.242 e. The maximum absolute atomic E-state index is 14.7. The Bertz CT molecular complexity index is 1010. The lowest BCUT2D eigenvalue weighted by Crippen LogP contribution is -2.43. The first-order valence-corrected chi connectivity index (χ1v) is 9.62. The van der Waals surface area contributed by atoms with Crippen LogP contribution in [0.3, 0.4) is 0 Å². The molecule has 0 saturated carbocycles. The predicted molar refractivity (Wildman–Crippen MR) is 108 cm³/mol. The Morgan fingerprint density at radius 1 is 1.30 bits per heavy atom. The Labute approximate surface area is 180 Å². The second kappa shape index (κ2) is 8.81. The van der Waals surface area contributed by atoms with Crippen LogP contribution < -0.4 is 10.6 Å². The van der Waals surface area contributed by atoms with E-state index in [2.05, 4.69) is 10.6 Å². The highest BCUT2D eigenvalue weighted by Gasteiger charge is 2.54. The van der Waals surface area contributed by atoms with Gasteiger partial charge in [0.1, 0.15) is 22.7 Å². The fraction of sp³-hybridized carbons (Fsp3) is 0.316. The third kappa shape index (κ3) is 4.11. The number of aryl methyl sites for hydroxylation is 1. The zero-order chi connectivity index (χ0) is 22.2. The van der Waals surface area contributed by atoms with E-state index in [1.807, 2.05) is 0 Å². The number of carbonyl (C=O) groups is 1. The first-order chi connectivity index (χ1) is 14.1. The number of benzene rings is 2. The van der Waals surface area contributed by atoms with Crippen molar-refractivity contribution in [3.63, 3.8) is 0 Å². The van der Waals surface area contributed by atoms with Crippen LogP contribution in [0.2, 0.25) is 10.0 Å². The van der Waals surface area contributed by atoms with E-state index >= 15 is 0 Å². The van der Waals surface area contributed by atoms with E-state index in [-0.39, 0.29) is 5.56 Å². The summed E-state index contributed by atoms with van der Waals surface area (Å²) in [4.78, 5) is 24.0. The van der Waals surface area contributed by atoms with E-state index in [0.29, 0.717) is 16.3 Å². The topological polar surface area (TPSA) is 104 Å². The number of hydrogen-bond acceptors (Lipinski definition) is 5. The number of nitrogens with one attached hydrogen (secondary N) is 2. The molecule has 1 heterocycles. The van der Waals surface area contributed by atoms with Crippen molar-refractivity contribution in [3.8, 4) is 0 Å². The van der Waals surface area contributed by atoms with Crippen LogP contribution in [-0.2, 0) is 4.79 Å². The summed E-state index contributed by atoms with van der Waals surface area (Å²) in [6.07, 6.45) is 0. The average Bonchev–Trinajstić information content (AvgIpc) is 3.09. The van der Waals surface area contributed by atoms with Gasteiger partial charge in [-0.25, -0.2) is 8.78 Å². The van der Waals surface area contributed by atoms with E-state index in [0.717, 1.165) is 12.1 Å². The van der Waals surface area contributed by atoms with Crippen molar-refractivity contribution in [3.05, 3.63) is 73.3 Å². The molecule has 3 rings (SSSR count). The smallest absolute Gasteiger partial charge is 0.242 e. The number of hydrogen-bond donors (Lipinski definition) is 3. The van der Waals surface area contributed by atoms with Crippen molar-refractivity contribution in [2.24, 2.45) is 0 Å². The van der Waals surface area contributed by atoms with Gasteiger partial charge in [-0.05, 0) is 30.7 Å². The molecular formula is C19H17Cl2F2N3O4. The number of rotatable bonds is 5. The highest BCUT2D eigenvalue weighted by atomic mass is 35.5. The minimum Gasteiger partial charge on any atom is -0.394 e. The summed E-state index contributed by atoms with van der Waals surface area (Å²) < 4.78 is 28.3. The van der Waals surface area contributed by atoms with Crippen molar-refractivity contribution >= 4 is 34.8 Å². The average molecular weight is 460 g/mol. The molecule has 1 aliphatic heterocycles. The van der Waals surface area contributed by atoms with Gasteiger partial charge in [-0.2, -0.15) is 0 Å². The fourth-order valence-electron chi connectivity index (χ4n) is 3.66. The molecule has 4 atom stereocenters. The maximum atomic E-state index is 14.7. The van der Waals surface area contributed by atoms with Gasteiger partial charge in [0.05, 0.1) is 18.6 Å². The Morgan fingerprint density at radius 3 is 2.63 bits per heavy atom. The quantitative estimate of drug-likeness (QED) is 0.361. The highest BCUT2D eigenvalue weighted by Crippen LogP contribution is 2.38. The van der Waals surface area contributed by atoms with Crippen molar-refractivity contribution < 1.29 is 23.6 Å². The summed E-state index contributed by atoms with van der Waals surface area (Å²) in [5.74, 6) is -4.27. The van der Waals surface area contributed by atoms with Crippen LogP contribution in [0.1, 0.15) is 17.0 Å². The second-order valence-electron chi connectivity index (χ2n) is 6.95. The van der Waals surface area contributed by atoms with Crippen LogP contribution in [0.15, 0.2) is 30.3 Å². The van der Waals surface area contributed by atoms with Crippen LogP contribution in [0, 0.1) is 28.7 Å². The summed E-state index contributed by atoms with van der Waals surface area (Å²) in [7, 11) is 0. The number of nitro groups is 1. The molecule has 0 aliphatic carbocycles. The Hall–Kier alpha value is -2.33. The number of aliphatic hydroxyl groups is 1. The fourth-order valence-corrected chi connectivity index (χ4v) is 4.00. The first kappa shape index (κ1) is 22.4. The number of nitrogens with zero attached hydrogens (tertiary/aromatic N) is 1. The Balaban J connectivity index is 2.04. The molecular weight excluding hydrogens is 443 g/mol. The monoisotopic (exact) mass is 459 g/mol. The summed E-state index contributed by atoms with van der Waals surface area (Å²) in [6, 6.07) is 2.71. The summed E-state index contributed by atoms with van der Waals surface area (Å²) >= 11 is 11.6. The molecule has 160 valence electrons. The number of anilines is 1. The van der Waals surface area contributed by atoms with Gasteiger partial charge in [-0.1, -0.05) is 35.3 Å². The van der Waals surface area contributed by atoms with E-state index in [9.17, 15) is 28.8 Å². The third-order valence-corrected chi connectivity index (χ3v) is 5.72. The van der Waals surface area contributed by atoms with Gasteiger partial charge in [0.15, 0.2) is 0 Å². The van der Waals surface area contributed by atoms with Crippen LogP contribution in [0.25, 0.3) is 0 Å². The number of amides is 1. The SMILES string of the molecule is Cc1ccc(Cl)cc1NC(=O)[C@@H]1N[C@@H](CO)[C@@H]([N+](=O)[O-])[C@@H]1c1ccc(F)c(Cl)c1F. The molecule has 0 unspecified atom stereocenters. The molecule has 0 bridgehead atoms. The van der Waals surface area contributed by atoms with Gasteiger partial charge in [-0.15, -0.1) is 0 Å². The summed E-state index contributed by atoms with van der Waals surface area (Å²) in [5, 5.41) is 26.2. The highest BCUT2D eigenvalue weighted by molar-refractivity contribution is 6.31. The molecule has 7 nitrogen and oxygen atoms in total. The zero-order valence-corrected chi connectivity index (χ0v) is 17.0. The molecule has 1 saturated heterocycles. The Morgan fingerprint density at radius 2 is 2.00 bits per heavy atom. The van der Waals surface area contributed by atoms with Gasteiger partial charge < -0.3 is 10.4 Å². The van der Waals surface area contributed by atoms with E-state index in [1.165, 1.54) is 6.07 Å². The lowest BCUT2D eigenvalue weighted by atomic mass is 9.86. The third-order valence-electron chi connectivity index (χ3n) is 5.14. The number of halogens is 4. The van der Waals surface area contributed by atoms with E-state index in [4.69, 9.17) is 23.2 Å². The van der Waals surface area contributed by atoms with E-state index < -0.39 is 58.1 Å². The number of aliphatic hydroxyl groups excluding tert-OH is 1. The van der Waals surface area contributed by atoms with Gasteiger partial charge in [0, 0.05) is 21.2 Å². The zero-order valence-electron chi connectivity index (χ0n) is 15.5. The largest absolute Gasteiger partial charge is 0.394 e. The molecule has 3 N–H and O–H groups in total. The molecule has 11 heteroatoms. The van der Waals surface area contributed by atoms with Crippen molar-refractivity contribution in [2.45, 2.75) is 31.0 Å². The van der Waals surface area contributed by atoms with Crippen LogP contribution in [0.5, 0.6) is 0 Å². The molecule has 1 fully saturated rings. The van der Waals surface area contributed by atoms with Gasteiger partial charge in [0.2, 0.25) is 11.9 Å². The van der Waals surface area contributed by atoms with Crippen LogP contribution in [-0.4, -0.2) is 40.7 Å². The molecule has 2 aromatic carbocycles. The van der Waals surface area contributed by atoms with Gasteiger partial charge >= 0.3 is 0 Å². The molecule has 0 radical (unpaired) electrons. The second-order valence-corrected chi connectivity index (χ2v) is 7.76. The lowest BCUT2D eigenvalue weighted by Gasteiger charge is -2.21. The normalized spacial score (nSPS) is 23.4. The van der Waals surface area contributed by atoms with Crippen LogP contribution in [0.4, 0.5) is 14.5 Å². The molecule has 0 aromatic heterocycles. The van der Waals surface area contributed by atoms with Gasteiger partial charge in [0.25, 0.3) is 0 Å². The standard InChI is InChI=1S/C19H17Cl2F2N3O4/c1-8-2-3-9(20)6-12(8)25-19(28)17-14(18(26(29)30)13(7-27)24-17)10-4-5-11(22)15(21)16(10)23/h2-6,13-14,17-18,24,27H,7H2,1H3,(H,25,28)/t13-,14+,17+,18+/m0/s1. The molecule has 1 amide bonds. The predicted octanol–water partition coefficient (Wildman–Crippen LogP) is 3.28. The Kier molecular flexibility index (Phi) is 6.56. The number of carbonyl (C=O) groups excluding carboxylic acids is 1. The minimum atomic E-state index is -1.55. The first-order valence-electron chi connectivity index (χ1n) is 8.86. The molecule has 2 aromatic rings. The molecule has 1 aliphatic rings. The summed E-state index contributed by atoms with van der Waals surface area (Å²) in [6.45, 7) is 1.06.